The molecule has 1 N–H and O–H groups in total. The average molecular weight is 304 g/mol. The van der Waals surface area contributed by atoms with Gasteiger partial charge >= 0.3 is 0 Å². The van der Waals surface area contributed by atoms with Crippen molar-refractivity contribution in [3.8, 4) is 0 Å². The van der Waals surface area contributed by atoms with Crippen LogP contribution in [0.2, 0.25) is 5.02 Å². The Labute approximate surface area is 126 Å². The van der Waals surface area contributed by atoms with Crippen LogP contribution in [0.3, 0.4) is 0 Å². The Balaban J connectivity index is 1.58. The topological polar surface area (TPSA) is 60.1 Å². The number of halogens is 1. The van der Waals surface area contributed by atoms with Gasteiger partial charge in [-0.15, -0.1) is 0 Å². The molecule has 0 saturated heterocycles. The number of hydrogen-bond acceptors (Lipinski definition) is 3. The molecule has 0 unspecified atom stereocenters. The minimum Gasteiger partial charge on any atom is -0.467 e. The van der Waals surface area contributed by atoms with Crippen molar-refractivity contribution in [3.63, 3.8) is 0 Å². The van der Waals surface area contributed by atoms with E-state index < -0.39 is 0 Å². The van der Waals surface area contributed by atoms with E-state index in [2.05, 4.69) is 10.4 Å². The number of aryl methyl sites for hydroxylation is 1. The molecule has 2 heterocycles. The van der Waals surface area contributed by atoms with Crippen LogP contribution in [0.15, 0.2) is 47.2 Å². The van der Waals surface area contributed by atoms with Gasteiger partial charge in [0.2, 0.25) is 5.91 Å². The largest absolute Gasteiger partial charge is 0.467 e. The average Bonchev–Trinajstić information content (AvgIpc) is 3.12. The second-order valence-electron chi connectivity index (χ2n) is 4.68. The summed E-state index contributed by atoms with van der Waals surface area (Å²) in [6.45, 7) is 0.908. The summed E-state index contributed by atoms with van der Waals surface area (Å²) in [5, 5.41) is 8.75. The minimum atomic E-state index is -0.0444. The van der Waals surface area contributed by atoms with Gasteiger partial charge in [-0.2, -0.15) is 5.10 Å². The number of rotatable bonds is 5. The van der Waals surface area contributed by atoms with Crippen LogP contribution in [0.4, 0.5) is 0 Å². The van der Waals surface area contributed by atoms with E-state index in [1.54, 1.807) is 23.2 Å². The van der Waals surface area contributed by atoms with Gasteiger partial charge in [0.1, 0.15) is 5.76 Å². The summed E-state index contributed by atoms with van der Waals surface area (Å²) in [5.41, 5.74) is 0.932. The number of carbonyl (C=O) groups excluding carboxylic acids is 1. The number of fused-ring (bicyclic) bond motifs is 1. The summed E-state index contributed by atoms with van der Waals surface area (Å²) in [5.74, 6) is 0.691. The first-order valence-electron chi connectivity index (χ1n) is 6.62. The summed E-state index contributed by atoms with van der Waals surface area (Å²) in [4.78, 5) is 11.8. The zero-order valence-corrected chi connectivity index (χ0v) is 12.0. The third kappa shape index (κ3) is 3.25. The van der Waals surface area contributed by atoms with E-state index in [4.69, 9.17) is 16.0 Å². The van der Waals surface area contributed by atoms with Gasteiger partial charge in [-0.3, -0.25) is 9.48 Å². The number of nitrogens with one attached hydrogen (secondary N) is 1. The molecule has 0 radical (unpaired) electrons. The van der Waals surface area contributed by atoms with Gasteiger partial charge in [-0.25, -0.2) is 0 Å². The van der Waals surface area contributed by atoms with Crippen LogP contribution in [0, 0.1) is 0 Å². The molecule has 0 aliphatic rings. The molecule has 1 amide bonds. The number of amides is 1. The quantitative estimate of drug-likeness (QED) is 0.788. The standard InChI is InChI=1S/C15H14ClN3O2/c16-12-4-3-11-9-18-19(14(11)8-12)6-5-15(20)17-10-13-2-1-7-21-13/h1-4,7-9H,5-6,10H2,(H,17,20). The fourth-order valence-electron chi connectivity index (χ4n) is 2.12. The molecule has 6 heteroatoms. The Morgan fingerprint density at radius 3 is 3.10 bits per heavy atom. The zero-order valence-electron chi connectivity index (χ0n) is 11.3. The number of furan rings is 1. The van der Waals surface area contributed by atoms with Gasteiger partial charge in [0.05, 0.1) is 31.1 Å². The summed E-state index contributed by atoms with van der Waals surface area (Å²) < 4.78 is 6.94. The number of carbonyl (C=O) groups is 1. The van der Waals surface area contributed by atoms with Crippen molar-refractivity contribution >= 4 is 28.4 Å². The number of nitrogens with zero attached hydrogens (tertiary/aromatic N) is 2. The molecule has 5 nitrogen and oxygen atoms in total. The first-order chi connectivity index (χ1) is 10.2. The highest BCUT2D eigenvalue weighted by atomic mass is 35.5. The Morgan fingerprint density at radius 2 is 2.29 bits per heavy atom. The van der Waals surface area contributed by atoms with Gasteiger partial charge in [-0.1, -0.05) is 11.6 Å². The molecule has 0 spiro atoms. The monoisotopic (exact) mass is 303 g/mol. The van der Waals surface area contributed by atoms with Crippen molar-refractivity contribution in [3.05, 3.63) is 53.6 Å². The van der Waals surface area contributed by atoms with Crippen molar-refractivity contribution in [1.29, 1.82) is 0 Å². The van der Waals surface area contributed by atoms with Gasteiger partial charge in [-0.05, 0) is 30.3 Å². The lowest BCUT2D eigenvalue weighted by Gasteiger charge is -2.05. The number of aromatic nitrogens is 2. The maximum atomic E-state index is 11.8. The molecule has 21 heavy (non-hydrogen) atoms. The normalized spacial score (nSPS) is 10.9. The van der Waals surface area contributed by atoms with Crippen LogP contribution < -0.4 is 5.32 Å². The van der Waals surface area contributed by atoms with Crippen molar-refractivity contribution < 1.29 is 9.21 Å². The van der Waals surface area contributed by atoms with E-state index in [1.807, 2.05) is 24.3 Å². The molecule has 0 atom stereocenters. The zero-order chi connectivity index (χ0) is 14.7. The van der Waals surface area contributed by atoms with Gasteiger partial charge in [0.25, 0.3) is 0 Å². The first kappa shape index (κ1) is 13.7. The molecule has 0 aliphatic heterocycles. The van der Waals surface area contributed by atoms with Crippen LogP contribution in [-0.4, -0.2) is 15.7 Å². The molecule has 0 saturated carbocycles. The third-order valence-corrected chi connectivity index (χ3v) is 3.43. The predicted molar refractivity (Wildman–Crippen MR) is 79.9 cm³/mol. The summed E-state index contributed by atoms with van der Waals surface area (Å²) in [6.07, 6.45) is 3.71. The smallest absolute Gasteiger partial charge is 0.222 e. The summed E-state index contributed by atoms with van der Waals surface area (Å²) >= 11 is 5.99. The van der Waals surface area contributed by atoms with E-state index in [1.165, 1.54) is 0 Å². The van der Waals surface area contributed by atoms with Crippen LogP contribution in [0.25, 0.3) is 10.9 Å². The molecule has 0 aliphatic carbocycles. The Kier molecular flexibility index (Phi) is 3.92. The maximum absolute atomic E-state index is 11.8. The summed E-state index contributed by atoms with van der Waals surface area (Å²) in [6, 6.07) is 9.21. The fraction of sp³-hybridized carbons (Fsp3) is 0.200. The molecule has 3 aromatic rings. The minimum absolute atomic E-state index is 0.0444. The number of benzene rings is 1. The van der Waals surface area contributed by atoms with Crippen molar-refractivity contribution in [2.45, 2.75) is 19.5 Å². The molecule has 0 fully saturated rings. The number of hydrogen-bond donors (Lipinski definition) is 1. The van der Waals surface area contributed by atoms with Gasteiger partial charge < -0.3 is 9.73 Å². The molecule has 3 rings (SSSR count). The Morgan fingerprint density at radius 1 is 1.38 bits per heavy atom. The van der Waals surface area contributed by atoms with Crippen LogP contribution in [0.5, 0.6) is 0 Å². The third-order valence-electron chi connectivity index (χ3n) is 3.20. The molecule has 0 bridgehead atoms. The highest BCUT2D eigenvalue weighted by Gasteiger charge is 2.07. The predicted octanol–water partition coefficient (Wildman–Crippen LogP) is 2.99. The van der Waals surface area contributed by atoms with Crippen molar-refractivity contribution in [2.24, 2.45) is 0 Å². The highest BCUT2D eigenvalue weighted by Crippen LogP contribution is 2.19. The Bertz CT molecular complexity index is 749. The van der Waals surface area contributed by atoms with Gasteiger partial charge in [0.15, 0.2) is 0 Å². The molecular weight excluding hydrogens is 290 g/mol. The second-order valence-corrected chi connectivity index (χ2v) is 5.11. The van der Waals surface area contributed by atoms with Crippen LogP contribution >= 0.6 is 11.6 Å². The SMILES string of the molecule is O=C(CCn1ncc2ccc(Cl)cc21)NCc1ccco1. The maximum Gasteiger partial charge on any atom is 0.222 e. The van der Waals surface area contributed by atoms with E-state index in [-0.39, 0.29) is 5.91 Å². The van der Waals surface area contributed by atoms with E-state index >= 15 is 0 Å². The molecular formula is C15H14ClN3O2. The second kappa shape index (κ2) is 6.01. The van der Waals surface area contributed by atoms with Crippen LogP contribution in [0.1, 0.15) is 12.2 Å². The van der Waals surface area contributed by atoms with Crippen LogP contribution in [-0.2, 0) is 17.9 Å². The first-order valence-corrected chi connectivity index (χ1v) is 7.00. The lowest BCUT2D eigenvalue weighted by atomic mass is 10.2. The Hall–Kier alpha value is -2.27. The van der Waals surface area contributed by atoms with Crippen molar-refractivity contribution in [2.75, 3.05) is 0 Å². The van der Waals surface area contributed by atoms with E-state index in [9.17, 15) is 4.79 Å². The highest BCUT2D eigenvalue weighted by molar-refractivity contribution is 6.31. The fourth-order valence-corrected chi connectivity index (χ4v) is 2.28. The molecule has 108 valence electrons. The van der Waals surface area contributed by atoms with Gasteiger partial charge in [0, 0.05) is 16.8 Å². The molecule has 2 aromatic heterocycles. The lowest BCUT2D eigenvalue weighted by Crippen LogP contribution is -2.23. The lowest BCUT2D eigenvalue weighted by molar-refractivity contribution is -0.121. The summed E-state index contributed by atoms with van der Waals surface area (Å²) in [7, 11) is 0. The van der Waals surface area contributed by atoms with E-state index in [0.717, 1.165) is 16.7 Å². The van der Waals surface area contributed by atoms with Crippen molar-refractivity contribution in [1.82, 2.24) is 15.1 Å². The molecule has 1 aromatic carbocycles. The van der Waals surface area contributed by atoms with E-state index in [0.29, 0.717) is 24.5 Å².